The van der Waals surface area contributed by atoms with E-state index in [2.05, 4.69) is 26.3 Å². The van der Waals surface area contributed by atoms with Gasteiger partial charge >= 0.3 is 0 Å². The van der Waals surface area contributed by atoms with Gasteiger partial charge in [0.15, 0.2) is 0 Å². The van der Waals surface area contributed by atoms with Gasteiger partial charge in [-0.2, -0.15) is 0 Å². The maximum atomic E-state index is 13.6. The van der Waals surface area contributed by atoms with Crippen LogP contribution in [-0.4, -0.2) is 38.8 Å². The van der Waals surface area contributed by atoms with Crippen LogP contribution in [0.3, 0.4) is 0 Å². The molecular formula is C21H21N5O. The van der Waals surface area contributed by atoms with E-state index in [0.717, 1.165) is 54.0 Å². The molecule has 6 nitrogen and oxygen atoms in total. The number of aromatic amines is 1. The molecule has 1 aromatic carbocycles. The van der Waals surface area contributed by atoms with Gasteiger partial charge in [0.25, 0.3) is 5.91 Å². The third kappa shape index (κ3) is 2.68. The minimum absolute atomic E-state index is 0.0451. The van der Waals surface area contributed by atoms with E-state index in [-0.39, 0.29) is 11.9 Å². The van der Waals surface area contributed by atoms with E-state index in [1.54, 1.807) is 12.5 Å². The van der Waals surface area contributed by atoms with Gasteiger partial charge in [0.05, 0.1) is 23.3 Å². The molecule has 5 rings (SSSR count). The zero-order valence-electron chi connectivity index (χ0n) is 15.0. The number of hydrogen-bond acceptors (Lipinski definition) is 4. The second-order valence-corrected chi connectivity index (χ2v) is 7.07. The van der Waals surface area contributed by atoms with E-state index in [1.807, 2.05) is 35.4 Å². The fourth-order valence-electron chi connectivity index (χ4n) is 4.21. The molecule has 0 saturated carbocycles. The number of nitrogens with zero attached hydrogens (tertiary/aromatic N) is 3. The summed E-state index contributed by atoms with van der Waals surface area (Å²) in [5.74, 6) is 0.0451. The van der Waals surface area contributed by atoms with Gasteiger partial charge in [-0.15, -0.1) is 0 Å². The molecule has 0 radical (unpaired) electrons. The summed E-state index contributed by atoms with van der Waals surface area (Å²) in [5.41, 5.74) is 5.97. The molecule has 6 heteroatoms. The third-order valence-corrected chi connectivity index (χ3v) is 5.49. The highest BCUT2D eigenvalue weighted by molar-refractivity contribution is 6.01. The van der Waals surface area contributed by atoms with E-state index >= 15 is 0 Å². The number of hydrogen-bond donors (Lipinski definition) is 2. The van der Waals surface area contributed by atoms with Crippen molar-refractivity contribution >= 4 is 11.6 Å². The van der Waals surface area contributed by atoms with Crippen LogP contribution in [0.2, 0.25) is 0 Å². The van der Waals surface area contributed by atoms with Crippen molar-refractivity contribution in [3.05, 3.63) is 77.1 Å². The number of carbonyl (C=O) groups excluding carboxylic acids is 1. The number of nitrogens with one attached hydrogen (secondary N) is 2. The quantitative estimate of drug-likeness (QED) is 0.738. The van der Waals surface area contributed by atoms with Crippen LogP contribution in [-0.2, 0) is 12.8 Å². The number of imidazole rings is 1. The standard InChI is InChI=1S/C21H21N5O/c27-21(16-7-1-4-14-5-3-10-23-18(14)16)26-11-8-17-19(25-13-24-17)20(26)15-6-2-9-22-12-15/h1-2,4,6-7,9,12-13,20,23H,3,5,8,10-11H2,(H,24,25). The average molecular weight is 359 g/mol. The van der Waals surface area contributed by atoms with Crippen molar-refractivity contribution in [3.63, 3.8) is 0 Å². The lowest BCUT2D eigenvalue weighted by Gasteiger charge is -2.36. The lowest BCUT2D eigenvalue weighted by atomic mass is 9.94. The number of benzene rings is 1. The maximum Gasteiger partial charge on any atom is 0.256 e. The predicted octanol–water partition coefficient (Wildman–Crippen LogP) is 2.95. The van der Waals surface area contributed by atoms with Crippen molar-refractivity contribution in [2.45, 2.75) is 25.3 Å². The van der Waals surface area contributed by atoms with E-state index in [9.17, 15) is 4.79 Å². The number of amides is 1. The van der Waals surface area contributed by atoms with Crippen LogP contribution in [0.25, 0.3) is 0 Å². The second-order valence-electron chi connectivity index (χ2n) is 7.07. The predicted molar refractivity (Wildman–Crippen MR) is 103 cm³/mol. The summed E-state index contributed by atoms with van der Waals surface area (Å²) < 4.78 is 0. The lowest BCUT2D eigenvalue weighted by Crippen LogP contribution is -2.41. The minimum atomic E-state index is -0.222. The zero-order chi connectivity index (χ0) is 18.2. The third-order valence-electron chi connectivity index (χ3n) is 5.49. The number of H-pyrrole nitrogens is 1. The molecule has 3 aromatic rings. The molecule has 136 valence electrons. The van der Waals surface area contributed by atoms with Gasteiger partial charge in [-0.05, 0) is 36.1 Å². The van der Waals surface area contributed by atoms with Crippen molar-refractivity contribution in [2.75, 3.05) is 18.4 Å². The normalized spacial score (nSPS) is 18.4. The van der Waals surface area contributed by atoms with E-state index in [4.69, 9.17) is 0 Å². The Kier molecular flexibility index (Phi) is 3.89. The molecule has 2 aliphatic rings. The van der Waals surface area contributed by atoms with Gasteiger partial charge in [0.1, 0.15) is 6.04 Å². The molecule has 1 amide bonds. The number of rotatable bonds is 2. The number of carbonyl (C=O) groups is 1. The number of aryl methyl sites for hydroxylation is 1. The summed E-state index contributed by atoms with van der Waals surface area (Å²) in [6.07, 6.45) is 8.19. The Labute approximate surface area is 157 Å². The molecule has 27 heavy (non-hydrogen) atoms. The fraction of sp³-hybridized carbons (Fsp3) is 0.286. The van der Waals surface area contributed by atoms with Gasteiger partial charge < -0.3 is 15.2 Å². The van der Waals surface area contributed by atoms with Gasteiger partial charge in [0, 0.05) is 37.6 Å². The van der Waals surface area contributed by atoms with Crippen LogP contribution in [0, 0.1) is 0 Å². The molecule has 0 bridgehead atoms. The summed E-state index contributed by atoms with van der Waals surface area (Å²) in [6.45, 7) is 1.56. The van der Waals surface area contributed by atoms with Crippen molar-refractivity contribution in [1.29, 1.82) is 0 Å². The Bertz CT molecular complexity index is 981. The van der Waals surface area contributed by atoms with Crippen molar-refractivity contribution < 1.29 is 4.79 Å². The van der Waals surface area contributed by atoms with Crippen LogP contribution in [0.5, 0.6) is 0 Å². The number of para-hydroxylation sites is 1. The topological polar surface area (TPSA) is 73.9 Å². The van der Waals surface area contributed by atoms with E-state index in [1.165, 1.54) is 5.56 Å². The molecule has 1 atom stereocenters. The van der Waals surface area contributed by atoms with Crippen molar-refractivity contribution in [1.82, 2.24) is 19.9 Å². The Morgan fingerprint density at radius 3 is 3.04 bits per heavy atom. The zero-order valence-corrected chi connectivity index (χ0v) is 15.0. The number of anilines is 1. The van der Waals surface area contributed by atoms with Crippen LogP contribution >= 0.6 is 0 Å². The highest BCUT2D eigenvalue weighted by Gasteiger charge is 2.35. The largest absolute Gasteiger partial charge is 0.384 e. The molecule has 2 aliphatic heterocycles. The molecule has 0 fully saturated rings. The van der Waals surface area contributed by atoms with Gasteiger partial charge in [-0.1, -0.05) is 18.2 Å². The molecule has 2 aromatic heterocycles. The first-order valence-electron chi connectivity index (χ1n) is 9.42. The molecule has 0 spiro atoms. The van der Waals surface area contributed by atoms with Crippen LogP contribution < -0.4 is 5.32 Å². The monoisotopic (exact) mass is 359 g/mol. The number of fused-ring (bicyclic) bond motifs is 2. The molecule has 1 unspecified atom stereocenters. The lowest BCUT2D eigenvalue weighted by molar-refractivity contribution is 0.0691. The Morgan fingerprint density at radius 1 is 1.19 bits per heavy atom. The fourth-order valence-corrected chi connectivity index (χ4v) is 4.21. The molecular weight excluding hydrogens is 338 g/mol. The minimum Gasteiger partial charge on any atom is -0.384 e. The molecule has 2 N–H and O–H groups in total. The van der Waals surface area contributed by atoms with E-state index < -0.39 is 0 Å². The highest BCUT2D eigenvalue weighted by Crippen LogP contribution is 2.36. The number of pyridine rings is 1. The number of aromatic nitrogens is 3. The Hall–Kier alpha value is -3.15. The summed E-state index contributed by atoms with van der Waals surface area (Å²) in [5, 5.41) is 3.44. The van der Waals surface area contributed by atoms with Crippen LogP contribution in [0.1, 0.15) is 45.3 Å². The first-order valence-corrected chi connectivity index (χ1v) is 9.42. The van der Waals surface area contributed by atoms with Crippen LogP contribution in [0.15, 0.2) is 49.1 Å². The molecule has 4 heterocycles. The molecule has 0 saturated heterocycles. The summed E-state index contributed by atoms with van der Waals surface area (Å²) in [4.78, 5) is 27.6. The SMILES string of the molecule is O=C(c1cccc2c1NCCC2)N1CCc2[nH]cnc2C1c1cccnc1. The second kappa shape index (κ2) is 6.54. The summed E-state index contributed by atoms with van der Waals surface area (Å²) in [7, 11) is 0. The highest BCUT2D eigenvalue weighted by atomic mass is 16.2. The van der Waals surface area contributed by atoms with Crippen molar-refractivity contribution in [3.8, 4) is 0 Å². The van der Waals surface area contributed by atoms with E-state index in [0.29, 0.717) is 6.54 Å². The first kappa shape index (κ1) is 16.1. The van der Waals surface area contributed by atoms with Crippen molar-refractivity contribution in [2.24, 2.45) is 0 Å². The first-order chi connectivity index (χ1) is 13.3. The van der Waals surface area contributed by atoms with Crippen LogP contribution in [0.4, 0.5) is 5.69 Å². The Morgan fingerprint density at radius 2 is 2.15 bits per heavy atom. The average Bonchev–Trinajstić information content (AvgIpc) is 3.21. The Balaban J connectivity index is 1.59. The smallest absolute Gasteiger partial charge is 0.256 e. The maximum absolute atomic E-state index is 13.6. The van der Waals surface area contributed by atoms with Gasteiger partial charge in [0.2, 0.25) is 0 Å². The summed E-state index contributed by atoms with van der Waals surface area (Å²) in [6, 6.07) is 9.73. The molecule has 0 aliphatic carbocycles. The van der Waals surface area contributed by atoms with Gasteiger partial charge in [-0.25, -0.2) is 4.98 Å². The summed E-state index contributed by atoms with van der Waals surface area (Å²) >= 11 is 0. The van der Waals surface area contributed by atoms with Gasteiger partial charge in [-0.3, -0.25) is 9.78 Å².